The van der Waals surface area contributed by atoms with E-state index in [1.807, 2.05) is 13.2 Å². The van der Waals surface area contributed by atoms with Crippen LogP contribution in [0.15, 0.2) is 16.7 Å². The van der Waals surface area contributed by atoms with Gasteiger partial charge in [-0.1, -0.05) is 0 Å². The predicted octanol–water partition coefficient (Wildman–Crippen LogP) is 3.70. The fraction of sp³-hybridized carbons (Fsp3) is 0.667. The summed E-state index contributed by atoms with van der Waals surface area (Å²) in [6.45, 7) is 8.79. The second-order valence-electron chi connectivity index (χ2n) is 3.84. The molecule has 1 atom stereocenters. The van der Waals surface area contributed by atoms with Crippen LogP contribution in [0.5, 0.6) is 0 Å². The Morgan fingerprint density at radius 3 is 2.06 bits per heavy atom. The Morgan fingerprint density at radius 2 is 1.67 bits per heavy atom. The molecule has 0 saturated carbocycles. The molecular weight excluding hydrogens is 389 g/mol. The molecule has 1 heterocycles. The first kappa shape index (κ1) is 17.1. The van der Waals surface area contributed by atoms with Gasteiger partial charge in [-0.3, -0.25) is 0 Å². The summed E-state index contributed by atoms with van der Waals surface area (Å²) in [6, 6.07) is 2.18. The van der Waals surface area contributed by atoms with Crippen molar-refractivity contribution < 1.29 is 4.42 Å². The zero-order valence-corrected chi connectivity index (χ0v) is 16.9. The Kier molecular flexibility index (Phi) is 7.99. The van der Waals surface area contributed by atoms with Crippen molar-refractivity contribution in [2.75, 3.05) is 17.3 Å². The van der Waals surface area contributed by atoms with Gasteiger partial charge < -0.3 is 0 Å². The van der Waals surface area contributed by atoms with Crippen LogP contribution in [0.2, 0.25) is 0 Å². The third-order valence-electron chi connectivity index (χ3n) is 2.44. The predicted molar refractivity (Wildman–Crippen MR) is 91.1 cm³/mol. The van der Waals surface area contributed by atoms with E-state index in [-0.39, 0.29) is 6.04 Å². The van der Waals surface area contributed by atoms with Crippen molar-refractivity contribution in [1.82, 2.24) is 0 Å². The Labute approximate surface area is 123 Å². The molecule has 0 aliphatic carbocycles. The third kappa shape index (κ3) is 4.04. The van der Waals surface area contributed by atoms with Crippen LogP contribution in [-0.4, -0.2) is 31.5 Å². The molecule has 0 aromatic carbocycles. The summed E-state index contributed by atoms with van der Waals surface area (Å²) in [5, 5.41) is 0. The van der Waals surface area contributed by atoms with E-state index in [0.717, 1.165) is 5.76 Å². The van der Waals surface area contributed by atoms with Crippen molar-refractivity contribution in [1.29, 1.82) is 0 Å². The molecule has 2 N–H and O–H groups in total. The van der Waals surface area contributed by atoms with Crippen LogP contribution in [0, 0.1) is 0 Å². The molecule has 0 aliphatic heterocycles. The van der Waals surface area contributed by atoms with E-state index in [2.05, 4.69) is 53.7 Å². The fourth-order valence-corrected chi connectivity index (χ4v) is 44.7. The average Bonchev–Trinajstić information content (AvgIpc) is 2.79. The molecule has 104 valence electrons. The van der Waals surface area contributed by atoms with E-state index in [1.165, 1.54) is 20.8 Å². The van der Waals surface area contributed by atoms with Crippen LogP contribution in [0.25, 0.3) is 0 Å². The van der Waals surface area contributed by atoms with Crippen LogP contribution in [-0.2, 0) is 0 Å². The van der Waals surface area contributed by atoms with E-state index in [4.69, 9.17) is 10.2 Å². The molecule has 6 heteroatoms. The summed E-state index contributed by atoms with van der Waals surface area (Å²) in [5.41, 5.74) is 6.06. The molecule has 0 bridgehead atoms. The van der Waals surface area contributed by atoms with Gasteiger partial charge >= 0.3 is 124 Å². The summed E-state index contributed by atoms with van der Waals surface area (Å²) in [7, 11) is 6.55. The van der Waals surface area contributed by atoms with Crippen molar-refractivity contribution in [3.63, 3.8) is 0 Å². The van der Waals surface area contributed by atoms with Gasteiger partial charge in [-0.25, -0.2) is 0 Å². The van der Waals surface area contributed by atoms with Crippen LogP contribution >= 0.6 is 26.8 Å². The molecule has 1 unspecified atom stereocenters. The standard InChI is InChI=1S/C6H8NO.3C2H6S.Sn/c1-5(7)6-3-2-4-8-6;3*1-2-3;/h2,4-5H,7H2,1H3;3*3H,2H2,1H3;/q;;;;+3/p-3. The summed E-state index contributed by atoms with van der Waals surface area (Å²) in [5.74, 6) is 4.56. The van der Waals surface area contributed by atoms with Crippen LogP contribution in [0.1, 0.15) is 39.5 Å². The average molecular weight is 412 g/mol. The molecule has 1 aromatic rings. The van der Waals surface area contributed by atoms with Crippen molar-refractivity contribution in [2.24, 2.45) is 5.73 Å². The van der Waals surface area contributed by atoms with E-state index >= 15 is 0 Å². The Balaban J connectivity index is 3.17. The summed E-state index contributed by atoms with van der Waals surface area (Å²) < 4.78 is 7.12. The number of furan rings is 1. The van der Waals surface area contributed by atoms with Crippen molar-refractivity contribution in [3.05, 3.63) is 18.1 Å². The third-order valence-corrected chi connectivity index (χ3v) is 43.3. The first-order chi connectivity index (χ1) is 8.61. The molecule has 0 amide bonds. The fourth-order valence-electron chi connectivity index (χ4n) is 1.85. The van der Waals surface area contributed by atoms with Crippen LogP contribution < -0.4 is 9.31 Å². The second-order valence-corrected chi connectivity index (χ2v) is 36.1. The topological polar surface area (TPSA) is 39.2 Å². The normalized spacial score (nSPS) is 13.8. The molecule has 0 saturated heterocycles. The maximum absolute atomic E-state index is 6.06. The van der Waals surface area contributed by atoms with Crippen molar-refractivity contribution in [2.45, 2.75) is 33.7 Å². The molecule has 1 rings (SSSR count). The monoisotopic (exact) mass is 413 g/mol. The molecule has 0 fully saturated rings. The summed E-state index contributed by atoms with van der Waals surface area (Å²) >= 11 is -2.51. The van der Waals surface area contributed by atoms with E-state index < -0.39 is 14.2 Å². The first-order valence-corrected chi connectivity index (χ1v) is 21.2. The summed E-state index contributed by atoms with van der Waals surface area (Å²) in [4.78, 5) is 0. The van der Waals surface area contributed by atoms with E-state index in [0.29, 0.717) is 0 Å². The maximum atomic E-state index is 6.06. The van der Waals surface area contributed by atoms with Gasteiger partial charge in [0, 0.05) is 0 Å². The number of hydrogen-bond donors (Lipinski definition) is 1. The SMILES string of the molecule is CC[S][Sn]([S]CC)([S]CC)[c]1ccoc1C(C)N. The molecule has 0 spiro atoms. The van der Waals surface area contributed by atoms with Crippen molar-refractivity contribution in [3.8, 4) is 0 Å². The van der Waals surface area contributed by atoms with Gasteiger partial charge in [0.2, 0.25) is 0 Å². The van der Waals surface area contributed by atoms with Gasteiger partial charge in [0.1, 0.15) is 0 Å². The van der Waals surface area contributed by atoms with Crippen molar-refractivity contribution >= 4 is 44.6 Å². The van der Waals surface area contributed by atoms with Gasteiger partial charge in [0.15, 0.2) is 0 Å². The van der Waals surface area contributed by atoms with Crippen LogP contribution in [0.4, 0.5) is 0 Å². The van der Waals surface area contributed by atoms with E-state index in [9.17, 15) is 0 Å². The molecule has 18 heavy (non-hydrogen) atoms. The summed E-state index contributed by atoms with van der Waals surface area (Å²) in [6.07, 6.45) is 1.82. The van der Waals surface area contributed by atoms with Gasteiger partial charge in [-0.2, -0.15) is 0 Å². The zero-order valence-electron chi connectivity index (χ0n) is 11.6. The number of hydrogen-bond acceptors (Lipinski definition) is 5. The Hall–Kier alpha value is 1.09. The second kappa shape index (κ2) is 8.39. The molecule has 0 radical (unpaired) electrons. The minimum atomic E-state index is -2.51. The quantitative estimate of drug-likeness (QED) is 0.660. The molecule has 0 aliphatic rings. The number of nitrogens with two attached hydrogens (primary N) is 1. The zero-order chi connectivity index (χ0) is 13.6. The number of rotatable bonds is 8. The first-order valence-electron chi connectivity index (χ1n) is 6.36. The molecule has 2 nitrogen and oxygen atoms in total. The molecular formula is C12H23NOS3Sn. The molecule has 1 aromatic heterocycles. The van der Waals surface area contributed by atoms with E-state index in [1.54, 1.807) is 0 Å². The Morgan fingerprint density at radius 1 is 1.17 bits per heavy atom. The van der Waals surface area contributed by atoms with Crippen LogP contribution in [0.3, 0.4) is 0 Å². The minimum absolute atomic E-state index is 0.00144. The van der Waals surface area contributed by atoms with Gasteiger partial charge in [0.25, 0.3) is 0 Å². The van der Waals surface area contributed by atoms with Gasteiger partial charge in [0.05, 0.1) is 0 Å². The van der Waals surface area contributed by atoms with Gasteiger partial charge in [-0.15, -0.1) is 0 Å². The van der Waals surface area contributed by atoms with Gasteiger partial charge in [-0.05, 0) is 0 Å². The Bertz CT molecular complexity index is 340.